The predicted octanol–water partition coefficient (Wildman–Crippen LogP) is 1.97. The van der Waals surface area contributed by atoms with Crippen LogP contribution in [0.2, 0.25) is 0 Å². The molecule has 0 saturated carbocycles. The van der Waals surface area contributed by atoms with Gasteiger partial charge in [-0.1, -0.05) is 48.5 Å². The Labute approximate surface area is 157 Å². The number of hydrogen-bond acceptors (Lipinski definition) is 4. The number of rotatable bonds is 5. The second-order valence-corrected chi connectivity index (χ2v) is 5.64. The second kappa shape index (κ2) is 9.95. The van der Waals surface area contributed by atoms with Crippen molar-refractivity contribution in [2.24, 2.45) is 0 Å². The fourth-order valence-electron chi connectivity index (χ4n) is 2.11. The van der Waals surface area contributed by atoms with Gasteiger partial charge in [0.05, 0.1) is 13.5 Å². The molecule has 0 spiro atoms. The Kier molecular flexibility index (Phi) is 7.32. The Bertz CT molecular complexity index is 807. The monoisotopic (exact) mass is 369 g/mol. The third kappa shape index (κ3) is 6.37. The number of carbonyl (C=O) groups excluding carboxylic acids is 2. The van der Waals surface area contributed by atoms with Crippen LogP contribution in [0.15, 0.2) is 60.7 Å². The average molecular weight is 369 g/mol. The third-order valence-corrected chi connectivity index (χ3v) is 3.52. The van der Waals surface area contributed by atoms with Gasteiger partial charge in [-0.15, -0.1) is 0 Å². The number of methoxy groups -OCH3 is 1. The molecule has 0 heterocycles. The van der Waals surface area contributed by atoms with E-state index < -0.39 is 5.91 Å². The molecule has 0 bridgehead atoms. The molecule has 2 aromatic carbocycles. The van der Waals surface area contributed by atoms with Crippen LogP contribution in [0.3, 0.4) is 0 Å². The van der Waals surface area contributed by atoms with E-state index in [4.69, 9.17) is 17.0 Å². The van der Waals surface area contributed by atoms with Crippen LogP contribution >= 0.6 is 12.2 Å². The summed E-state index contributed by atoms with van der Waals surface area (Å²) in [5.41, 5.74) is 6.58. The summed E-state index contributed by atoms with van der Waals surface area (Å²) < 4.78 is 5.20. The minimum atomic E-state index is -0.425. The van der Waals surface area contributed by atoms with E-state index in [1.54, 1.807) is 19.3 Å². The normalized spacial score (nSPS) is 10.2. The van der Waals surface area contributed by atoms with Crippen LogP contribution in [0.4, 0.5) is 0 Å². The summed E-state index contributed by atoms with van der Waals surface area (Å²) in [6.45, 7) is 0. The van der Waals surface area contributed by atoms with E-state index in [-0.39, 0.29) is 17.4 Å². The van der Waals surface area contributed by atoms with Gasteiger partial charge in [0.15, 0.2) is 5.11 Å². The molecule has 6 nitrogen and oxygen atoms in total. The van der Waals surface area contributed by atoms with Crippen molar-refractivity contribution in [1.29, 1.82) is 0 Å². The topological polar surface area (TPSA) is 79.5 Å². The predicted molar refractivity (Wildman–Crippen MR) is 104 cm³/mol. The zero-order valence-electron chi connectivity index (χ0n) is 14.2. The van der Waals surface area contributed by atoms with Gasteiger partial charge < -0.3 is 4.74 Å². The van der Waals surface area contributed by atoms with E-state index in [1.165, 1.54) is 6.08 Å². The van der Waals surface area contributed by atoms with Gasteiger partial charge in [0.1, 0.15) is 5.75 Å². The van der Waals surface area contributed by atoms with Crippen molar-refractivity contribution in [3.8, 4) is 5.75 Å². The van der Waals surface area contributed by atoms with Gasteiger partial charge in [0, 0.05) is 11.6 Å². The van der Waals surface area contributed by atoms with E-state index in [2.05, 4.69) is 16.2 Å². The Morgan fingerprint density at radius 1 is 1.04 bits per heavy atom. The molecular formula is C19H19N3O3S. The fraction of sp³-hybridized carbons (Fsp3) is 0.105. The zero-order valence-corrected chi connectivity index (χ0v) is 15.0. The summed E-state index contributed by atoms with van der Waals surface area (Å²) in [4.78, 5) is 23.7. The molecule has 0 radical (unpaired) electrons. The molecule has 2 amide bonds. The van der Waals surface area contributed by atoms with Gasteiger partial charge in [0.25, 0.3) is 0 Å². The molecule has 3 N–H and O–H groups in total. The minimum Gasteiger partial charge on any atom is -0.496 e. The van der Waals surface area contributed by atoms with Gasteiger partial charge in [-0.2, -0.15) is 0 Å². The first-order chi connectivity index (χ1) is 12.6. The van der Waals surface area contributed by atoms with Crippen LogP contribution in [0.5, 0.6) is 5.75 Å². The fourth-order valence-corrected chi connectivity index (χ4v) is 2.26. The highest BCUT2D eigenvalue weighted by Gasteiger charge is 2.05. The Hall–Kier alpha value is -3.19. The third-order valence-electron chi connectivity index (χ3n) is 3.31. The Morgan fingerprint density at radius 3 is 2.46 bits per heavy atom. The summed E-state index contributed by atoms with van der Waals surface area (Å²) >= 11 is 4.98. The maximum absolute atomic E-state index is 11.9. The van der Waals surface area contributed by atoms with Crippen molar-refractivity contribution >= 4 is 35.2 Å². The molecule has 2 aromatic rings. The number of hydrogen-bond donors (Lipinski definition) is 3. The van der Waals surface area contributed by atoms with Gasteiger partial charge in [-0.3, -0.25) is 25.8 Å². The van der Waals surface area contributed by atoms with Crippen LogP contribution in [-0.2, 0) is 16.0 Å². The molecule has 26 heavy (non-hydrogen) atoms. The van der Waals surface area contributed by atoms with Gasteiger partial charge in [-0.25, -0.2) is 0 Å². The lowest BCUT2D eigenvalue weighted by Crippen LogP contribution is -2.48. The summed E-state index contributed by atoms with van der Waals surface area (Å²) in [5.74, 6) is -0.0338. The van der Waals surface area contributed by atoms with Crippen LogP contribution in [0, 0.1) is 0 Å². The lowest BCUT2D eigenvalue weighted by atomic mass is 10.1. The van der Waals surface area contributed by atoms with E-state index in [1.807, 2.05) is 48.5 Å². The molecular weight excluding hydrogens is 350 g/mol. The number of amides is 2. The molecule has 0 aliphatic rings. The largest absolute Gasteiger partial charge is 0.496 e. The van der Waals surface area contributed by atoms with Crippen molar-refractivity contribution in [3.63, 3.8) is 0 Å². The van der Waals surface area contributed by atoms with Crippen molar-refractivity contribution < 1.29 is 14.3 Å². The van der Waals surface area contributed by atoms with E-state index >= 15 is 0 Å². The standard InChI is InChI=1S/C19H19N3O3S/c1-25-16-10-6-5-9-15(16)11-12-17(23)20-19(26)22-21-18(24)13-14-7-3-2-4-8-14/h2-12H,13H2,1H3,(H,21,24)(H2,20,22,23,26). The lowest BCUT2D eigenvalue weighted by Gasteiger charge is -2.09. The molecule has 0 unspecified atom stereocenters. The number of hydrazine groups is 1. The Morgan fingerprint density at radius 2 is 1.73 bits per heavy atom. The van der Waals surface area contributed by atoms with Crippen LogP contribution in [-0.4, -0.2) is 24.0 Å². The molecule has 0 saturated heterocycles. The van der Waals surface area contributed by atoms with Crippen molar-refractivity contribution in [1.82, 2.24) is 16.2 Å². The van der Waals surface area contributed by atoms with Crippen molar-refractivity contribution in [2.75, 3.05) is 7.11 Å². The smallest absolute Gasteiger partial charge is 0.250 e. The molecule has 134 valence electrons. The first-order valence-corrected chi connectivity index (χ1v) is 8.24. The SMILES string of the molecule is COc1ccccc1C=CC(=O)NC(=S)NNC(=O)Cc1ccccc1. The van der Waals surface area contributed by atoms with E-state index in [0.29, 0.717) is 5.75 Å². The lowest BCUT2D eigenvalue weighted by molar-refractivity contribution is -0.121. The number of nitrogens with one attached hydrogen (secondary N) is 3. The molecule has 0 atom stereocenters. The van der Waals surface area contributed by atoms with Gasteiger partial charge >= 0.3 is 0 Å². The highest BCUT2D eigenvalue weighted by atomic mass is 32.1. The van der Waals surface area contributed by atoms with Crippen LogP contribution < -0.4 is 20.9 Å². The van der Waals surface area contributed by atoms with Crippen molar-refractivity contribution in [3.05, 3.63) is 71.8 Å². The number of ether oxygens (including phenoxy) is 1. The maximum atomic E-state index is 11.9. The number of benzene rings is 2. The summed E-state index contributed by atoms with van der Waals surface area (Å²) in [6.07, 6.45) is 3.15. The number of para-hydroxylation sites is 1. The first-order valence-electron chi connectivity index (χ1n) is 7.83. The molecule has 0 aliphatic carbocycles. The van der Waals surface area contributed by atoms with E-state index in [0.717, 1.165) is 11.1 Å². The summed E-state index contributed by atoms with van der Waals surface area (Å²) in [7, 11) is 1.56. The second-order valence-electron chi connectivity index (χ2n) is 5.23. The quantitative estimate of drug-likeness (QED) is 0.427. The maximum Gasteiger partial charge on any atom is 0.250 e. The van der Waals surface area contributed by atoms with Crippen molar-refractivity contribution in [2.45, 2.75) is 6.42 Å². The van der Waals surface area contributed by atoms with Gasteiger partial charge in [0.2, 0.25) is 11.8 Å². The van der Waals surface area contributed by atoms with Gasteiger partial charge in [-0.05, 0) is 29.9 Å². The highest BCUT2D eigenvalue weighted by molar-refractivity contribution is 7.80. The molecule has 0 fully saturated rings. The van der Waals surface area contributed by atoms with Crippen LogP contribution in [0.25, 0.3) is 6.08 Å². The molecule has 0 aromatic heterocycles. The van der Waals surface area contributed by atoms with Crippen LogP contribution in [0.1, 0.15) is 11.1 Å². The summed E-state index contributed by atoms with van der Waals surface area (Å²) in [6, 6.07) is 16.6. The van der Waals surface area contributed by atoms with E-state index in [9.17, 15) is 9.59 Å². The molecule has 7 heteroatoms. The molecule has 2 rings (SSSR count). The zero-order chi connectivity index (χ0) is 18.8. The summed E-state index contributed by atoms with van der Waals surface area (Å²) in [5, 5.41) is 2.45. The number of thiocarbonyl (C=S) groups is 1. The Balaban J connectivity index is 1.77. The molecule has 0 aliphatic heterocycles. The first kappa shape index (κ1) is 19.1. The highest BCUT2D eigenvalue weighted by Crippen LogP contribution is 2.18. The number of carbonyl (C=O) groups is 2. The average Bonchev–Trinajstić information content (AvgIpc) is 2.66. The minimum absolute atomic E-state index is 0.00101.